The molecule has 3 heterocycles. The van der Waals surface area contributed by atoms with Crippen LogP contribution < -0.4 is 5.32 Å². The molecule has 3 fully saturated rings. The number of imide groups is 1. The van der Waals surface area contributed by atoms with Crippen molar-refractivity contribution in [3.05, 3.63) is 35.4 Å². The minimum atomic E-state index is -1.04. The highest BCUT2D eigenvalue weighted by Gasteiger charge is 2.54. The van der Waals surface area contributed by atoms with Crippen LogP contribution in [0, 0.1) is 0 Å². The van der Waals surface area contributed by atoms with Crippen LogP contribution in [0.15, 0.2) is 24.3 Å². The van der Waals surface area contributed by atoms with Gasteiger partial charge in [-0.15, -0.1) is 0 Å². The lowest BCUT2D eigenvalue weighted by Gasteiger charge is -2.34. The standard InChI is InChI=1S/C22H28N2O5/c1-21(2,3)29-20(27)24-12-9-15(10-13-24)14-4-6-16(7-5-14)22-11-8-17(28-22)18(25)23-19(22)26/h4-7,15,17H,8-13H2,1-3H3,(H,23,25,26)/t17?,22-/m0/s1. The minimum Gasteiger partial charge on any atom is -0.444 e. The Morgan fingerprint density at radius 1 is 1.14 bits per heavy atom. The van der Waals surface area contributed by atoms with Crippen molar-refractivity contribution in [1.82, 2.24) is 10.2 Å². The zero-order chi connectivity index (χ0) is 20.8. The van der Waals surface area contributed by atoms with Gasteiger partial charge in [0.15, 0.2) is 5.60 Å². The Morgan fingerprint density at radius 2 is 1.79 bits per heavy atom. The second-order valence-electron chi connectivity index (χ2n) is 9.15. The molecule has 29 heavy (non-hydrogen) atoms. The molecular weight excluding hydrogens is 372 g/mol. The third-order valence-corrected chi connectivity index (χ3v) is 5.99. The van der Waals surface area contributed by atoms with Crippen molar-refractivity contribution in [2.75, 3.05) is 13.1 Å². The molecule has 1 N–H and O–H groups in total. The highest BCUT2D eigenvalue weighted by atomic mass is 16.6. The molecule has 0 aliphatic carbocycles. The summed E-state index contributed by atoms with van der Waals surface area (Å²) >= 11 is 0. The Balaban J connectivity index is 1.40. The lowest BCUT2D eigenvalue weighted by atomic mass is 9.85. The van der Waals surface area contributed by atoms with Crippen LogP contribution in [0.1, 0.15) is 63.5 Å². The van der Waals surface area contributed by atoms with Gasteiger partial charge in [-0.05, 0) is 63.5 Å². The van der Waals surface area contributed by atoms with Gasteiger partial charge in [-0.2, -0.15) is 0 Å². The van der Waals surface area contributed by atoms with E-state index in [9.17, 15) is 14.4 Å². The fourth-order valence-electron chi connectivity index (χ4n) is 4.43. The summed E-state index contributed by atoms with van der Waals surface area (Å²) in [6.45, 7) is 6.95. The average molecular weight is 400 g/mol. The Bertz CT molecular complexity index is 821. The summed E-state index contributed by atoms with van der Waals surface area (Å²) in [5.41, 5.74) is 0.452. The van der Waals surface area contributed by atoms with Crippen molar-refractivity contribution in [1.29, 1.82) is 0 Å². The fraction of sp³-hybridized carbons (Fsp3) is 0.591. The SMILES string of the molecule is CC(C)(C)OC(=O)N1CCC(c2ccc([C@]34CCC(O3)C(=O)NC4=O)cc2)CC1. The van der Waals surface area contributed by atoms with Crippen LogP contribution >= 0.6 is 0 Å². The van der Waals surface area contributed by atoms with E-state index in [0.717, 1.165) is 18.4 Å². The first kappa shape index (κ1) is 19.9. The molecule has 4 rings (SSSR count). The number of nitrogens with one attached hydrogen (secondary N) is 1. The number of piperidine rings is 1. The first-order valence-electron chi connectivity index (χ1n) is 10.3. The van der Waals surface area contributed by atoms with Crippen LogP contribution in [0.4, 0.5) is 4.79 Å². The molecule has 1 unspecified atom stereocenters. The summed E-state index contributed by atoms with van der Waals surface area (Å²) < 4.78 is 11.3. The quantitative estimate of drug-likeness (QED) is 0.772. The van der Waals surface area contributed by atoms with Gasteiger partial charge in [-0.3, -0.25) is 14.9 Å². The van der Waals surface area contributed by atoms with E-state index in [1.807, 2.05) is 45.0 Å². The molecule has 0 aromatic heterocycles. The van der Waals surface area contributed by atoms with E-state index in [1.165, 1.54) is 5.56 Å². The predicted octanol–water partition coefficient (Wildman–Crippen LogP) is 2.83. The van der Waals surface area contributed by atoms with E-state index in [4.69, 9.17) is 9.47 Å². The first-order chi connectivity index (χ1) is 13.7. The molecule has 156 valence electrons. The van der Waals surface area contributed by atoms with Crippen molar-refractivity contribution < 1.29 is 23.9 Å². The Kier molecular flexibility index (Phi) is 4.89. The number of hydrogen-bond donors (Lipinski definition) is 1. The topological polar surface area (TPSA) is 84.9 Å². The van der Waals surface area contributed by atoms with Gasteiger partial charge in [0.25, 0.3) is 11.8 Å². The number of benzene rings is 1. The summed E-state index contributed by atoms with van der Waals surface area (Å²) in [4.78, 5) is 38.2. The van der Waals surface area contributed by atoms with Gasteiger partial charge in [0.05, 0.1) is 0 Å². The molecule has 3 saturated heterocycles. The largest absolute Gasteiger partial charge is 0.444 e. The summed E-state index contributed by atoms with van der Waals surface area (Å²) in [5.74, 6) is -0.342. The predicted molar refractivity (Wildman–Crippen MR) is 105 cm³/mol. The van der Waals surface area contributed by atoms with Crippen molar-refractivity contribution in [2.45, 2.75) is 69.7 Å². The van der Waals surface area contributed by atoms with E-state index in [-0.39, 0.29) is 17.9 Å². The summed E-state index contributed by atoms with van der Waals surface area (Å²) in [7, 11) is 0. The van der Waals surface area contributed by atoms with Crippen molar-refractivity contribution in [2.24, 2.45) is 0 Å². The van der Waals surface area contributed by atoms with Crippen LogP contribution in [0.3, 0.4) is 0 Å². The Labute approximate surface area is 170 Å². The van der Waals surface area contributed by atoms with E-state index in [1.54, 1.807) is 4.90 Å². The van der Waals surface area contributed by atoms with E-state index in [2.05, 4.69) is 5.32 Å². The maximum atomic E-state index is 12.5. The second-order valence-corrected chi connectivity index (χ2v) is 9.15. The lowest BCUT2D eigenvalue weighted by Crippen LogP contribution is -2.54. The van der Waals surface area contributed by atoms with Gasteiger partial charge in [0.2, 0.25) is 0 Å². The molecule has 0 spiro atoms. The third-order valence-electron chi connectivity index (χ3n) is 5.99. The zero-order valence-corrected chi connectivity index (χ0v) is 17.2. The normalized spacial score (nSPS) is 27.7. The lowest BCUT2D eigenvalue weighted by molar-refractivity contribution is -0.165. The van der Waals surface area contributed by atoms with Crippen LogP contribution in [0.5, 0.6) is 0 Å². The van der Waals surface area contributed by atoms with E-state index >= 15 is 0 Å². The molecule has 2 atom stereocenters. The van der Waals surface area contributed by atoms with Gasteiger partial charge in [0, 0.05) is 13.1 Å². The van der Waals surface area contributed by atoms with Crippen molar-refractivity contribution in [3.63, 3.8) is 0 Å². The molecule has 0 saturated carbocycles. The molecule has 3 amide bonds. The third kappa shape index (κ3) is 3.75. The highest BCUT2D eigenvalue weighted by molar-refractivity contribution is 6.04. The second kappa shape index (κ2) is 7.13. The monoisotopic (exact) mass is 400 g/mol. The summed E-state index contributed by atoms with van der Waals surface area (Å²) in [6.07, 6.45) is 2.03. The number of carbonyl (C=O) groups excluding carboxylic acids is 3. The van der Waals surface area contributed by atoms with Gasteiger partial charge in [-0.25, -0.2) is 4.79 Å². The van der Waals surface area contributed by atoms with Crippen molar-refractivity contribution >= 4 is 17.9 Å². The number of likely N-dealkylation sites (tertiary alicyclic amines) is 1. The smallest absolute Gasteiger partial charge is 0.410 e. The Morgan fingerprint density at radius 3 is 2.41 bits per heavy atom. The Hall–Kier alpha value is -2.41. The maximum Gasteiger partial charge on any atom is 0.410 e. The van der Waals surface area contributed by atoms with Gasteiger partial charge >= 0.3 is 6.09 Å². The van der Waals surface area contributed by atoms with E-state index < -0.39 is 17.3 Å². The molecule has 1 aromatic carbocycles. The minimum absolute atomic E-state index is 0.254. The number of fused-ring (bicyclic) bond motifs is 2. The molecule has 3 aliphatic heterocycles. The number of rotatable bonds is 2. The zero-order valence-electron chi connectivity index (χ0n) is 17.2. The van der Waals surface area contributed by atoms with Gasteiger partial charge in [-0.1, -0.05) is 24.3 Å². The summed E-state index contributed by atoms with van der Waals surface area (Å²) in [5, 5.41) is 2.44. The fourth-order valence-corrected chi connectivity index (χ4v) is 4.43. The van der Waals surface area contributed by atoms with Crippen LogP contribution in [0.2, 0.25) is 0 Å². The number of ether oxygens (including phenoxy) is 2. The molecule has 1 aromatic rings. The van der Waals surface area contributed by atoms with E-state index in [0.29, 0.717) is 31.8 Å². The van der Waals surface area contributed by atoms with Gasteiger partial charge in [0.1, 0.15) is 11.7 Å². The van der Waals surface area contributed by atoms with Crippen molar-refractivity contribution in [3.8, 4) is 0 Å². The molecule has 7 nitrogen and oxygen atoms in total. The van der Waals surface area contributed by atoms with Crippen LogP contribution in [-0.4, -0.2) is 47.6 Å². The number of amides is 3. The number of carbonyl (C=O) groups is 3. The number of hydrogen-bond acceptors (Lipinski definition) is 5. The molecule has 0 radical (unpaired) electrons. The first-order valence-corrected chi connectivity index (χ1v) is 10.3. The highest BCUT2D eigenvalue weighted by Crippen LogP contribution is 2.42. The van der Waals surface area contributed by atoms with Gasteiger partial charge < -0.3 is 14.4 Å². The summed E-state index contributed by atoms with van der Waals surface area (Å²) in [6, 6.07) is 7.96. The number of nitrogens with zero attached hydrogens (tertiary/aromatic N) is 1. The molecule has 3 aliphatic rings. The molecule has 7 heteroatoms. The average Bonchev–Trinajstić information content (AvgIpc) is 3.09. The number of morpholine rings is 1. The molecule has 2 bridgehead atoms. The maximum absolute atomic E-state index is 12.5. The van der Waals surface area contributed by atoms with Crippen LogP contribution in [-0.2, 0) is 24.7 Å². The molecular formula is C22H28N2O5. The van der Waals surface area contributed by atoms with Crippen LogP contribution in [0.25, 0.3) is 0 Å².